The van der Waals surface area contributed by atoms with Crippen molar-refractivity contribution >= 4 is 10.0 Å². The van der Waals surface area contributed by atoms with Gasteiger partial charge in [-0.25, -0.2) is 12.8 Å². The topological polar surface area (TPSA) is 40.6 Å². The largest absolute Gasteiger partial charge is 0.293 e. The molecule has 2 aromatic carbocycles. The first-order chi connectivity index (χ1) is 11.6. The van der Waals surface area contributed by atoms with Crippen LogP contribution in [0.4, 0.5) is 4.39 Å². The zero-order chi connectivity index (χ0) is 16.7. The molecule has 1 fully saturated rings. The van der Waals surface area contributed by atoms with Crippen LogP contribution in [0.5, 0.6) is 0 Å². The van der Waals surface area contributed by atoms with Crippen molar-refractivity contribution in [2.75, 3.05) is 26.2 Å². The Balaban J connectivity index is 1.64. The Hall–Kier alpha value is -1.76. The number of piperazine rings is 1. The van der Waals surface area contributed by atoms with E-state index >= 15 is 0 Å². The SMILES string of the molecule is O=S(=O)(c1ccc(F)cc1)N1CCN2CCc3ccccc3C2C1. The highest BCUT2D eigenvalue weighted by Gasteiger charge is 2.37. The predicted molar refractivity (Wildman–Crippen MR) is 89.6 cm³/mol. The summed E-state index contributed by atoms with van der Waals surface area (Å²) in [5.74, 6) is -0.431. The van der Waals surface area contributed by atoms with E-state index in [1.165, 1.54) is 39.7 Å². The average Bonchev–Trinajstić information content (AvgIpc) is 2.61. The number of fused-ring (bicyclic) bond motifs is 3. The fraction of sp³-hybridized carbons (Fsp3) is 0.333. The summed E-state index contributed by atoms with van der Waals surface area (Å²) in [6, 6.07) is 13.4. The molecule has 0 bridgehead atoms. The van der Waals surface area contributed by atoms with E-state index in [1.807, 2.05) is 12.1 Å². The second-order valence-corrected chi connectivity index (χ2v) is 8.26. The van der Waals surface area contributed by atoms with Crippen LogP contribution in [0.3, 0.4) is 0 Å². The molecule has 0 saturated carbocycles. The van der Waals surface area contributed by atoms with Crippen LogP contribution >= 0.6 is 0 Å². The highest BCUT2D eigenvalue weighted by molar-refractivity contribution is 7.89. The Bertz CT molecular complexity index is 852. The van der Waals surface area contributed by atoms with Crippen LogP contribution < -0.4 is 0 Å². The number of benzene rings is 2. The lowest BCUT2D eigenvalue weighted by atomic mass is 9.91. The quantitative estimate of drug-likeness (QED) is 0.839. The maximum atomic E-state index is 13.1. The smallest absolute Gasteiger partial charge is 0.243 e. The van der Waals surface area contributed by atoms with Crippen molar-refractivity contribution in [3.63, 3.8) is 0 Å². The molecule has 126 valence electrons. The molecule has 1 unspecified atom stereocenters. The highest BCUT2D eigenvalue weighted by atomic mass is 32.2. The molecule has 4 nitrogen and oxygen atoms in total. The molecule has 0 spiro atoms. The summed E-state index contributed by atoms with van der Waals surface area (Å²) in [4.78, 5) is 2.51. The molecule has 2 heterocycles. The number of rotatable bonds is 2. The standard InChI is InChI=1S/C18H19FN2O2S/c19-15-5-7-16(8-6-15)24(22,23)21-12-11-20-10-9-14-3-1-2-4-17(14)18(20)13-21/h1-8,18H,9-13H2. The molecule has 2 aliphatic heterocycles. The lowest BCUT2D eigenvalue weighted by molar-refractivity contribution is 0.109. The fourth-order valence-electron chi connectivity index (χ4n) is 3.68. The van der Waals surface area contributed by atoms with Gasteiger partial charge >= 0.3 is 0 Å². The van der Waals surface area contributed by atoms with Crippen LogP contribution in [0.15, 0.2) is 53.4 Å². The third kappa shape index (κ3) is 2.64. The molecule has 2 aliphatic rings. The number of halogens is 1. The van der Waals surface area contributed by atoms with Gasteiger partial charge in [-0.3, -0.25) is 4.90 Å². The van der Waals surface area contributed by atoms with E-state index in [2.05, 4.69) is 17.0 Å². The number of hydrogen-bond donors (Lipinski definition) is 0. The van der Waals surface area contributed by atoms with Crippen LogP contribution in [-0.4, -0.2) is 43.8 Å². The minimum atomic E-state index is -3.59. The maximum absolute atomic E-state index is 13.1. The first-order valence-electron chi connectivity index (χ1n) is 8.13. The minimum Gasteiger partial charge on any atom is -0.293 e. The van der Waals surface area contributed by atoms with E-state index < -0.39 is 15.8 Å². The predicted octanol–water partition coefficient (Wildman–Crippen LogP) is 2.43. The van der Waals surface area contributed by atoms with Crippen molar-refractivity contribution in [1.29, 1.82) is 0 Å². The Morgan fingerprint density at radius 2 is 1.71 bits per heavy atom. The summed E-state index contributed by atoms with van der Waals surface area (Å²) in [5, 5.41) is 0. The van der Waals surface area contributed by atoms with Crippen LogP contribution in [0.2, 0.25) is 0 Å². The molecular formula is C18H19FN2O2S. The Morgan fingerprint density at radius 3 is 2.50 bits per heavy atom. The van der Waals surface area contributed by atoms with Gasteiger partial charge in [-0.1, -0.05) is 24.3 Å². The maximum Gasteiger partial charge on any atom is 0.243 e. The molecule has 0 amide bonds. The molecule has 6 heteroatoms. The second-order valence-electron chi connectivity index (χ2n) is 6.32. The molecule has 0 aromatic heterocycles. The van der Waals surface area contributed by atoms with Gasteiger partial charge < -0.3 is 0 Å². The van der Waals surface area contributed by atoms with E-state index in [1.54, 1.807) is 0 Å². The zero-order valence-electron chi connectivity index (χ0n) is 13.2. The average molecular weight is 346 g/mol. The number of nitrogens with zero attached hydrogens (tertiary/aromatic N) is 2. The van der Waals surface area contributed by atoms with E-state index in [9.17, 15) is 12.8 Å². The van der Waals surface area contributed by atoms with Crippen LogP contribution in [-0.2, 0) is 16.4 Å². The van der Waals surface area contributed by atoms with Crippen LogP contribution in [0.1, 0.15) is 17.2 Å². The molecule has 1 saturated heterocycles. The van der Waals surface area contributed by atoms with Crippen molar-refractivity contribution in [3.05, 3.63) is 65.5 Å². The van der Waals surface area contributed by atoms with E-state index in [0.29, 0.717) is 13.1 Å². The number of hydrogen-bond acceptors (Lipinski definition) is 3. The summed E-state index contributed by atoms with van der Waals surface area (Å²) >= 11 is 0. The van der Waals surface area contributed by atoms with Gasteiger partial charge in [0.05, 0.1) is 4.90 Å². The molecule has 0 N–H and O–H groups in total. The van der Waals surface area contributed by atoms with Gasteiger partial charge in [0.1, 0.15) is 5.82 Å². The van der Waals surface area contributed by atoms with Gasteiger partial charge in [0, 0.05) is 32.2 Å². The third-order valence-electron chi connectivity index (χ3n) is 4.99. The lowest BCUT2D eigenvalue weighted by Gasteiger charge is -2.44. The van der Waals surface area contributed by atoms with E-state index in [0.717, 1.165) is 19.5 Å². The lowest BCUT2D eigenvalue weighted by Crippen LogP contribution is -2.52. The summed E-state index contributed by atoms with van der Waals surface area (Å²) in [6.45, 7) is 2.60. The first kappa shape index (κ1) is 15.7. The van der Waals surface area contributed by atoms with Gasteiger partial charge in [0.15, 0.2) is 0 Å². The van der Waals surface area contributed by atoms with Crippen molar-refractivity contribution in [3.8, 4) is 0 Å². The summed E-state index contributed by atoms with van der Waals surface area (Å²) in [5.41, 5.74) is 2.53. The Morgan fingerprint density at radius 1 is 0.958 bits per heavy atom. The molecular weight excluding hydrogens is 327 g/mol. The molecule has 4 rings (SSSR count). The first-order valence-corrected chi connectivity index (χ1v) is 9.57. The van der Waals surface area contributed by atoms with Gasteiger partial charge in [-0.15, -0.1) is 0 Å². The summed E-state index contributed by atoms with van der Waals surface area (Å²) < 4.78 is 40.4. The van der Waals surface area contributed by atoms with Crippen molar-refractivity contribution in [2.24, 2.45) is 0 Å². The molecule has 0 aliphatic carbocycles. The van der Waals surface area contributed by atoms with Crippen molar-refractivity contribution < 1.29 is 12.8 Å². The Labute approximate surface area is 141 Å². The minimum absolute atomic E-state index is 0.0962. The molecule has 0 radical (unpaired) electrons. The van der Waals surface area contributed by atoms with E-state index in [4.69, 9.17) is 0 Å². The Kier molecular flexibility index (Phi) is 3.90. The molecule has 1 atom stereocenters. The number of sulfonamides is 1. The van der Waals surface area contributed by atoms with Gasteiger partial charge in [-0.2, -0.15) is 4.31 Å². The fourth-order valence-corrected chi connectivity index (χ4v) is 5.12. The van der Waals surface area contributed by atoms with Crippen molar-refractivity contribution in [1.82, 2.24) is 9.21 Å². The van der Waals surface area contributed by atoms with Gasteiger partial charge in [0.25, 0.3) is 0 Å². The summed E-state index contributed by atoms with van der Waals surface area (Å²) in [6.07, 6.45) is 1.01. The highest BCUT2D eigenvalue weighted by Crippen LogP contribution is 2.34. The zero-order valence-corrected chi connectivity index (χ0v) is 14.0. The monoisotopic (exact) mass is 346 g/mol. The summed E-state index contributed by atoms with van der Waals surface area (Å²) in [7, 11) is -3.59. The molecule has 24 heavy (non-hydrogen) atoms. The van der Waals surface area contributed by atoms with Gasteiger partial charge in [-0.05, 0) is 41.8 Å². The van der Waals surface area contributed by atoms with E-state index in [-0.39, 0.29) is 10.9 Å². The van der Waals surface area contributed by atoms with Crippen LogP contribution in [0, 0.1) is 5.82 Å². The normalized spacial score (nSPS) is 22.0. The van der Waals surface area contributed by atoms with Crippen molar-refractivity contribution in [2.45, 2.75) is 17.4 Å². The third-order valence-corrected chi connectivity index (χ3v) is 6.87. The van der Waals surface area contributed by atoms with Gasteiger partial charge in [0.2, 0.25) is 10.0 Å². The van der Waals surface area contributed by atoms with Crippen LogP contribution in [0.25, 0.3) is 0 Å². The molecule has 2 aromatic rings. The second kappa shape index (κ2) is 5.95.